The van der Waals surface area contributed by atoms with E-state index in [1.807, 2.05) is 26.0 Å². The Balaban J connectivity index is 1.86. The molecule has 0 bridgehead atoms. The van der Waals surface area contributed by atoms with Crippen molar-refractivity contribution in [3.63, 3.8) is 0 Å². The van der Waals surface area contributed by atoms with E-state index in [0.717, 1.165) is 20.5 Å². The summed E-state index contributed by atoms with van der Waals surface area (Å²) in [6, 6.07) is 6.65. The number of thioether (sulfide) groups is 1. The highest BCUT2D eigenvalue weighted by molar-refractivity contribution is 9.10. The highest BCUT2D eigenvalue weighted by Gasteiger charge is 2.10. The van der Waals surface area contributed by atoms with E-state index in [9.17, 15) is 14.9 Å². The largest absolute Gasteiger partial charge is 0.433 e. The smallest absolute Gasteiger partial charge is 0.400 e. The number of hydrogen-bond acceptors (Lipinski definition) is 6. The predicted molar refractivity (Wildman–Crippen MR) is 95.4 cm³/mol. The van der Waals surface area contributed by atoms with Crippen molar-refractivity contribution in [2.24, 2.45) is 5.10 Å². The van der Waals surface area contributed by atoms with Gasteiger partial charge in [0.2, 0.25) is 5.91 Å². The van der Waals surface area contributed by atoms with Crippen molar-refractivity contribution in [1.29, 1.82) is 0 Å². The van der Waals surface area contributed by atoms with Gasteiger partial charge < -0.3 is 4.42 Å². The highest BCUT2D eigenvalue weighted by Crippen LogP contribution is 2.28. The molecule has 1 aromatic carbocycles. The van der Waals surface area contributed by atoms with E-state index in [2.05, 4.69) is 26.5 Å². The zero-order chi connectivity index (χ0) is 17.7. The maximum Gasteiger partial charge on any atom is 0.433 e. The molecule has 1 amide bonds. The quantitative estimate of drug-likeness (QED) is 0.337. The lowest BCUT2D eigenvalue weighted by atomic mass is 10.2. The molecule has 0 saturated carbocycles. The Morgan fingerprint density at radius 1 is 1.42 bits per heavy atom. The third kappa shape index (κ3) is 4.93. The van der Waals surface area contributed by atoms with Crippen LogP contribution in [0.4, 0.5) is 5.88 Å². The van der Waals surface area contributed by atoms with Crippen molar-refractivity contribution in [3.8, 4) is 0 Å². The number of amides is 1. The lowest BCUT2D eigenvalue weighted by molar-refractivity contribution is -0.402. The minimum atomic E-state index is -0.644. The molecule has 0 aliphatic rings. The van der Waals surface area contributed by atoms with Gasteiger partial charge in [-0.3, -0.25) is 14.9 Å². The first-order valence-corrected chi connectivity index (χ1v) is 8.60. The summed E-state index contributed by atoms with van der Waals surface area (Å²) in [5, 5.41) is 14.2. The van der Waals surface area contributed by atoms with Gasteiger partial charge in [0.25, 0.3) is 0 Å². The predicted octanol–water partition coefficient (Wildman–Crippen LogP) is 3.81. The molecular weight excluding hydrogens is 398 g/mol. The van der Waals surface area contributed by atoms with Crippen LogP contribution >= 0.6 is 27.7 Å². The zero-order valence-corrected chi connectivity index (χ0v) is 15.3. The first kappa shape index (κ1) is 18.2. The molecule has 0 aliphatic carbocycles. The number of halogens is 1. The fourth-order valence-electron chi connectivity index (χ4n) is 1.76. The summed E-state index contributed by atoms with van der Waals surface area (Å²) in [7, 11) is 0. The first-order chi connectivity index (χ1) is 11.4. The molecule has 2 rings (SSSR count). The Labute approximate surface area is 150 Å². The van der Waals surface area contributed by atoms with Gasteiger partial charge in [0.05, 0.1) is 18.0 Å². The molecule has 9 heteroatoms. The number of furan rings is 1. The van der Waals surface area contributed by atoms with Gasteiger partial charge in [-0.1, -0.05) is 15.9 Å². The summed E-state index contributed by atoms with van der Waals surface area (Å²) in [6.07, 6.45) is 1.21. The third-order valence-electron chi connectivity index (χ3n) is 2.99. The Kier molecular flexibility index (Phi) is 6.16. The van der Waals surface area contributed by atoms with Crippen molar-refractivity contribution in [3.05, 3.63) is 55.7 Å². The molecule has 1 N–H and O–H groups in total. The van der Waals surface area contributed by atoms with Crippen molar-refractivity contribution >= 4 is 45.7 Å². The molecule has 1 aromatic heterocycles. The number of carbonyl (C=O) groups is 1. The second kappa shape index (κ2) is 8.11. The van der Waals surface area contributed by atoms with E-state index in [1.165, 1.54) is 30.1 Å². The van der Waals surface area contributed by atoms with Crippen LogP contribution in [0.3, 0.4) is 0 Å². The minimum absolute atomic E-state index is 0.189. The second-order valence-corrected chi connectivity index (χ2v) is 6.75. The van der Waals surface area contributed by atoms with Crippen molar-refractivity contribution in [2.45, 2.75) is 18.7 Å². The molecule has 0 fully saturated rings. The van der Waals surface area contributed by atoms with Gasteiger partial charge in [0.1, 0.15) is 4.92 Å². The normalized spacial score (nSPS) is 11.0. The molecule has 0 aliphatic heterocycles. The number of hydrogen-bond donors (Lipinski definition) is 1. The average Bonchev–Trinajstić information content (AvgIpc) is 2.99. The molecule has 7 nitrogen and oxygen atoms in total. The summed E-state index contributed by atoms with van der Waals surface area (Å²) < 4.78 is 5.92. The molecular formula is C15H14BrN3O4S. The Morgan fingerprint density at radius 3 is 2.83 bits per heavy atom. The van der Waals surface area contributed by atoms with Gasteiger partial charge in [0.15, 0.2) is 5.76 Å². The van der Waals surface area contributed by atoms with E-state index in [-0.39, 0.29) is 23.3 Å². The fraction of sp³-hybridized carbons (Fsp3) is 0.200. The molecule has 1 heterocycles. The zero-order valence-electron chi connectivity index (χ0n) is 12.9. The van der Waals surface area contributed by atoms with Gasteiger partial charge in [-0.2, -0.15) is 5.10 Å². The first-order valence-electron chi connectivity index (χ1n) is 6.82. The van der Waals surface area contributed by atoms with Gasteiger partial charge in [-0.15, -0.1) is 11.8 Å². The molecule has 0 unspecified atom stereocenters. The minimum Gasteiger partial charge on any atom is -0.400 e. The van der Waals surface area contributed by atoms with Crippen LogP contribution in [0.15, 0.2) is 43.2 Å². The standard InChI is InChI=1S/C15H14BrN3O4S/c1-9-6-13(10(2)5-12(9)16)24-8-14(20)18-17-7-11-3-4-15(23-11)19(21)22/h3-7H,8H2,1-2H3,(H,18,20)/b17-7-. The summed E-state index contributed by atoms with van der Waals surface area (Å²) in [6.45, 7) is 3.97. The van der Waals surface area contributed by atoms with E-state index in [0.29, 0.717) is 0 Å². The monoisotopic (exact) mass is 411 g/mol. The molecule has 2 aromatic rings. The second-order valence-electron chi connectivity index (χ2n) is 4.88. The topological polar surface area (TPSA) is 97.7 Å². The van der Waals surface area contributed by atoms with Crippen LogP contribution in [0.25, 0.3) is 0 Å². The van der Waals surface area contributed by atoms with Crippen molar-refractivity contribution in [1.82, 2.24) is 5.43 Å². The number of aryl methyl sites for hydroxylation is 2. The van der Waals surface area contributed by atoms with E-state index >= 15 is 0 Å². The number of rotatable bonds is 6. The molecule has 0 atom stereocenters. The van der Waals surface area contributed by atoms with E-state index < -0.39 is 4.92 Å². The molecule has 0 radical (unpaired) electrons. The Bertz CT molecular complexity index is 804. The number of nitro groups is 1. The summed E-state index contributed by atoms with van der Waals surface area (Å²) in [5.41, 5.74) is 4.53. The summed E-state index contributed by atoms with van der Waals surface area (Å²) in [4.78, 5) is 22.7. The van der Waals surface area contributed by atoms with Crippen LogP contribution in [0.2, 0.25) is 0 Å². The molecule has 0 spiro atoms. The number of nitrogens with zero attached hydrogens (tertiary/aromatic N) is 2. The lowest BCUT2D eigenvalue weighted by Crippen LogP contribution is -2.19. The molecule has 0 saturated heterocycles. The van der Waals surface area contributed by atoms with Gasteiger partial charge in [-0.05, 0) is 43.2 Å². The van der Waals surface area contributed by atoms with Crippen LogP contribution in [-0.2, 0) is 4.79 Å². The van der Waals surface area contributed by atoms with E-state index in [1.54, 1.807) is 0 Å². The lowest BCUT2D eigenvalue weighted by Gasteiger charge is -2.08. The van der Waals surface area contributed by atoms with Crippen LogP contribution in [0.5, 0.6) is 0 Å². The third-order valence-corrected chi connectivity index (χ3v) is 5.00. The van der Waals surface area contributed by atoms with E-state index in [4.69, 9.17) is 4.42 Å². The highest BCUT2D eigenvalue weighted by atomic mass is 79.9. The number of nitrogens with one attached hydrogen (secondary N) is 1. The van der Waals surface area contributed by atoms with Crippen molar-refractivity contribution < 1.29 is 14.1 Å². The van der Waals surface area contributed by atoms with Crippen LogP contribution in [0, 0.1) is 24.0 Å². The Hall–Kier alpha value is -2.13. The Morgan fingerprint density at radius 2 is 2.17 bits per heavy atom. The fourth-order valence-corrected chi connectivity index (χ4v) is 3.12. The SMILES string of the molecule is Cc1cc(SCC(=O)N/N=C\c2ccc([N+](=O)[O-])o2)c(C)cc1Br. The van der Waals surface area contributed by atoms with Crippen LogP contribution in [-0.4, -0.2) is 22.8 Å². The average molecular weight is 412 g/mol. The number of hydrazone groups is 1. The summed E-state index contributed by atoms with van der Waals surface area (Å²) in [5.74, 6) is -0.261. The molecule has 24 heavy (non-hydrogen) atoms. The summed E-state index contributed by atoms with van der Waals surface area (Å²) >= 11 is 4.88. The maximum absolute atomic E-state index is 11.8. The molecule has 126 valence electrons. The van der Waals surface area contributed by atoms with Crippen LogP contribution < -0.4 is 5.43 Å². The van der Waals surface area contributed by atoms with Crippen LogP contribution in [0.1, 0.15) is 16.9 Å². The number of carbonyl (C=O) groups excluding carboxylic acids is 1. The maximum atomic E-state index is 11.8. The number of benzene rings is 1. The van der Waals surface area contributed by atoms with Crippen molar-refractivity contribution in [2.75, 3.05) is 5.75 Å². The van der Waals surface area contributed by atoms with Gasteiger partial charge >= 0.3 is 5.88 Å². The van der Waals surface area contributed by atoms with Gasteiger partial charge in [-0.25, -0.2) is 5.43 Å². The van der Waals surface area contributed by atoms with Gasteiger partial charge in [0, 0.05) is 9.37 Å².